The number of amides is 1. The highest BCUT2D eigenvalue weighted by molar-refractivity contribution is 7.80. The van der Waals surface area contributed by atoms with Crippen molar-refractivity contribution in [2.24, 2.45) is 5.41 Å². The van der Waals surface area contributed by atoms with Crippen molar-refractivity contribution in [3.05, 3.63) is 100 Å². The zero-order chi connectivity index (χ0) is 30.3. The lowest BCUT2D eigenvalue weighted by atomic mass is 9.95. The third-order valence-corrected chi connectivity index (χ3v) is 8.24. The van der Waals surface area contributed by atoms with Gasteiger partial charge in [0.15, 0.2) is 5.11 Å². The van der Waals surface area contributed by atoms with Crippen LogP contribution < -0.4 is 20.3 Å². The molecule has 5 rings (SSSR count). The van der Waals surface area contributed by atoms with E-state index in [1.54, 1.807) is 13.3 Å². The number of ether oxygens (including phenoxy) is 1. The standard InChI is InChI=1S/C33H36ClN5O2S/c1-19-11-12-22(34)17-27(19)38-20(2)16-24(21(38)3)30-29(26-10-8-9-15-35-26)37-32(42)39(30)23-13-14-25(28(18-23)41-7)36-31(40)33(4,5)6/h8-18,29-30H,1-7H3,(H,36,40)(H,37,42)/t29-,30-/m0/s1. The van der Waals surface area contributed by atoms with Crippen molar-refractivity contribution in [1.29, 1.82) is 0 Å². The Balaban J connectivity index is 1.64. The fourth-order valence-corrected chi connectivity index (χ4v) is 5.99. The van der Waals surface area contributed by atoms with Crippen LogP contribution in [0.1, 0.15) is 61.1 Å². The molecular formula is C33H36ClN5O2S. The third-order valence-electron chi connectivity index (χ3n) is 7.69. The van der Waals surface area contributed by atoms with E-state index in [4.69, 9.17) is 33.5 Å². The van der Waals surface area contributed by atoms with Gasteiger partial charge in [0.25, 0.3) is 0 Å². The Hall–Kier alpha value is -3.88. The number of pyridine rings is 1. The molecule has 1 fully saturated rings. The van der Waals surface area contributed by atoms with Gasteiger partial charge in [-0.15, -0.1) is 0 Å². The fraction of sp³-hybridized carbons (Fsp3) is 0.303. The summed E-state index contributed by atoms with van der Waals surface area (Å²) in [6.07, 6.45) is 1.80. The van der Waals surface area contributed by atoms with Gasteiger partial charge >= 0.3 is 0 Å². The number of methoxy groups -OCH3 is 1. The lowest BCUT2D eigenvalue weighted by Gasteiger charge is -2.29. The predicted octanol–water partition coefficient (Wildman–Crippen LogP) is 7.62. The number of halogens is 1. The maximum absolute atomic E-state index is 12.7. The number of anilines is 2. The topological polar surface area (TPSA) is 71.4 Å². The molecule has 3 heterocycles. The van der Waals surface area contributed by atoms with Gasteiger partial charge in [0.1, 0.15) is 5.75 Å². The monoisotopic (exact) mass is 601 g/mol. The maximum Gasteiger partial charge on any atom is 0.229 e. The molecule has 0 spiro atoms. The molecule has 2 aromatic carbocycles. The van der Waals surface area contributed by atoms with Crippen molar-refractivity contribution in [2.75, 3.05) is 17.3 Å². The molecule has 0 radical (unpaired) electrons. The van der Waals surface area contributed by atoms with E-state index >= 15 is 0 Å². The van der Waals surface area contributed by atoms with E-state index in [1.807, 2.05) is 75.4 Å². The fourth-order valence-electron chi connectivity index (χ4n) is 5.47. The number of thiocarbonyl (C=S) groups is 1. The molecule has 0 unspecified atom stereocenters. The van der Waals surface area contributed by atoms with Gasteiger partial charge in [0, 0.05) is 45.5 Å². The SMILES string of the molecule is COc1cc(N2C(=S)N[C@@H](c3ccccn3)[C@@H]2c2cc(C)n(-c3cc(Cl)ccc3C)c2C)ccc1NC(=O)C(C)(C)C. The first-order chi connectivity index (χ1) is 19.9. The van der Waals surface area contributed by atoms with Crippen LogP contribution in [0.25, 0.3) is 5.69 Å². The number of rotatable bonds is 6. The quantitative estimate of drug-likeness (QED) is 0.222. The number of aromatic nitrogens is 2. The van der Waals surface area contributed by atoms with Crippen LogP contribution in [0, 0.1) is 26.2 Å². The minimum Gasteiger partial charge on any atom is -0.494 e. The lowest BCUT2D eigenvalue weighted by Crippen LogP contribution is -2.30. The number of nitrogens with one attached hydrogen (secondary N) is 2. The van der Waals surface area contributed by atoms with Crippen molar-refractivity contribution in [3.8, 4) is 11.4 Å². The summed E-state index contributed by atoms with van der Waals surface area (Å²) in [4.78, 5) is 19.6. The molecule has 2 atom stereocenters. The number of carbonyl (C=O) groups excluding carboxylic acids is 1. The Bertz CT molecular complexity index is 1660. The third kappa shape index (κ3) is 5.49. The van der Waals surface area contributed by atoms with E-state index in [2.05, 4.69) is 46.9 Å². The average molecular weight is 602 g/mol. The number of hydrogen-bond donors (Lipinski definition) is 2. The summed E-state index contributed by atoms with van der Waals surface area (Å²) in [7, 11) is 1.60. The second-order valence-electron chi connectivity index (χ2n) is 11.7. The van der Waals surface area contributed by atoms with Gasteiger partial charge in [-0.25, -0.2) is 0 Å². The summed E-state index contributed by atoms with van der Waals surface area (Å²) in [6.45, 7) is 12.0. The van der Waals surface area contributed by atoms with Crippen molar-refractivity contribution in [3.63, 3.8) is 0 Å². The van der Waals surface area contributed by atoms with E-state index in [0.717, 1.165) is 39.6 Å². The largest absolute Gasteiger partial charge is 0.494 e. The van der Waals surface area contributed by atoms with Crippen LogP contribution in [0.2, 0.25) is 5.02 Å². The Labute approximate surface area is 257 Å². The van der Waals surface area contributed by atoms with E-state index < -0.39 is 5.41 Å². The van der Waals surface area contributed by atoms with Gasteiger partial charge in [-0.2, -0.15) is 0 Å². The van der Waals surface area contributed by atoms with Crippen molar-refractivity contribution in [1.82, 2.24) is 14.9 Å². The van der Waals surface area contributed by atoms with Crippen LogP contribution in [0.15, 0.2) is 66.9 Å². The molecular weight excluding hydrogens is 566 g/mol. The zero-order valence-electron chi connectivity index (χ0n) is 24.9. The Morgan fingerprint density at radius 3 is 2.50 bits per heavy atom. The first-order valence-electron chi connectivity index (χ1n) is 13.9. The molecule has 0 aliphatic carbocycles. The normalized spacial score (nSPS) is 16.9. The summed E-state index contributed by atoms with van der Waals surface area (Å²) in [6, 6.07) is 19.4. The number of benzene rings is 2. The molecule has 1 amide bonds. The predicted molar refractivity (Wildman–Crippen MR) is 174 cm³/mol. The highest BCUT2D eigenvalue weighted by Gasteiger charge is 2.42. The summed E-state index contributed by atoms with van der Waals surface area (Å²) >= 11 is 12.4. The van der Waals surface area contributed by atoms with Crippen LogP contribution in [-0.2, 0) is 4.79 Å². The number of aryl methyl sites for hydroxylation is 2. The van der Waals surface area contributed by atoms with Crippen molar-refractivity contribution < 1.29 is 9.53 Å². The molecule has 218 valence electrons. The van der Waals surface area contributed by atoms with Gasteiger partial charge in [-0.05, 0) is 86.6 Å². The molecule has 42 heavy (non-hydrogen) atoms. The van der Waals surface area contributed by atoms with Crippen molar-refractivity contribution in [2.45, 2.75) is 53.6 Å². The van der Waals surface area contributed by atoms with Gasteiger partial charge in [0.05, 0.1) is 30.6 Å². The number of nitrogens with zero attached hydrogens (tertiary/aromatic N) is 3. The maximum atomic E-state index is 12.7. The van der Waals surface area contributed by atoms with Crippen LogP contribution >= 0.6 is 23.8 Å². The molecule has 9 heteroatoms. The molecule has 7 nitrogen and oxygen atoms in total. The summed E-state index contributed by atoms with van der Waals surface area (Å²) in [5.41, 5.74) is 7.23. The van der Waals surface area contributed by atoms with E-state index in [0.29, 0.717) is 21.6 Å². The van der Waals surface area contributed by atoms with Crippen LogP contribution in [0.5, 0.6) is 5.75 Å². The zero-order valence-corrected chi connectivity index (χ0v) is 26.5. The minimum atomic E-state index is -0.547. The Kier molecular flexibility index (Phi) is 8.05. The van der Waals surface area contributed by atoms with Crippen molar-refractivity contribution >= 4 is 46.2 Å². The van der Waals surface area contributed by atoms with E-state index in [1.165, 1.54) is 0 Å². The van der Waals surface area contributed by atoms with E-state index in [9.17, 15) is 4.79 Å². The lowest BCUT2D eigenvalue weighted by molar-refractivity contribution is -0.123. The molecule has 1 aliphatic heterocycles. The number of carbonyl (C=O) groups is 1. The second kappa shape index (κ2) is 11.4. The molecule has 0 saturated carbocycles. The highest BCUT2D eigenvalue weighted by Crippen LogP contribution is 2.45. The average Bonchev–Trinajstić information content (AvgIpc) is 3.44. The number of hydrogen-bond acceptors (Lipinski definition) is 4. The summed E-state index contributed by atoms with van der Waals surface area (Å²) < 4.78 is 7.99. The van der Waals surface area contributed by atoms with Gasteiger partial charge in [-0.3, -0.25) is 9.78 Å². The first-order valence-corrected chi connectivity index (χ1v) is 14.6. The summed E-state index contributed by atoms with van der Waals surface area (Å²) in [5, 5.41) is 7.81. The molecule has 2 aromatic heterocycles. The van der Waals surface area contributed by atoms with Crippen LogP contribution in [0.4, 0.5) is 11.4 Å². The molecule has 2 N–H and O–H groups in total. The van der Waals surface area contributed by atoms with Gasteiger partial charge in [0.2, 0.25) is 5.91 Å². The summed E-state index contributed by atoms with van der Waals surface area (Å²) in [5.74, 6) is 0.455. The minimum absolute atomic E-state index is 0.0937. The Morgan fingerprint density at radius 1 is 1.07 bits per heavy atom. The Morgan fingerprint density at radius 2 is 1.83 bits per heavy atom. The van der Waals surface area contributed by atoms with Crippen LogP contribution in [0.3, 0.4) is 0 Å². The van der Waals surface area contributed by atoms with Crippen LogP contribution in [-0.4, -0.2) is 27.7 Å². The van der Waals surface area contributed by atoms with Gasteiger partial charge < -0.3 is 24.8 Å². The molecule has 1 aliphatic rings. The highest BCUT2D eigenvalue weighted by atomic mass is 35.5. The smallest absolute Gasteiger partial charge is 0.229 e. The molecule has 0 bridgehead atoms. The second-order valence-corrected chi connectivity index (χ2v) is 12.5. The first kappa shape index (κ1) is 29.6. The molecule has 4 aromatic rings. The van der Waals surface area contributed by atoms with Gasteiger partial charge in [-0.1, -0.05) is 44.5 Å². The molecule has 1 saturated heterocycles. The van der Waals surface area contributed by atoms with E-state index in [-0.39, 0.29) is 18.0 Å².